The number of hydrogen-bond acceptors (Lipinski definition) is 3. The van der Waals surface area contributed by atoms with E-state index in [4.69, 9.17) is 22.1 Å². The van der Waals surface area contributed by atoms with Gasteiger partial charge >= 0.3 is 0 Å². The second-order valence-electron chi connectivity index (χ2n) is 4.21. The van der Waals surface area contributed by atoms with Gasteiger partial charge in [0.25, 0.3) is 0 Å². The minimum atomic E-state index is -0.178. The van der Waals surface area contributed by atoms with Crippen LogP contribution in [0.1, 0.15) is 25.3 Å². The van der Waals surface area contributed by atoms with Crippen molar-refractivity contribution in [3.63, 3.8) is 0 Å². The topological polar surface area (TPSA) is 53.1 Å². The van der Waals surface area contributed by atoms with Gasteiger partial charge in [0, 0.05) is 25.2 Å². The van der Waals surface area contributed by atoms with Gasteiger partial charge in [-0.15, -0.1) is 0 Å². The predicted molar refractivity (Wildman–Crippen MR) is 73.8 cm³/mol. The third kappa shape index (κ3) is 2.36. The highest BCUT2D eigenvalue weighted by Crippen LogP contribution is 2.25. The zero-order valence-electron chi connectivity index (χ0n) is 10.7. The molecule has 2 aromatic rings. The molecule has 1 aromatic heterocycles. The van der Waals surface area contributed by atoms with E-state index in [2.05, 4.69) is 16.5 Å². The van der Waals surface area contributed by atoms with Crippen LogP contribution < -0.4 is 5.73 Å². The van der Waals surface area contributed by atoms with E-state index < -0.39 is 0 Å². The van der Waals surface area contributed by atoms with E-state index in [9.17, 15) is 0 Å². The Morgan fingerprint density at radius 3 is 2.89 bits per heavy atom. The van der Waals surface area contributed by atoms with Crippen molar-refractivity contribution < 1.29 is 4.74 Å². The Morgan fingerprint density at radius 1 is 1.50 bits per heavy atom. The van der Waals surface area contributed by atoms with Gasteiger partial charge in [-0.1, -0.05) is 18.5 Å². The summed E-state index contributed by atoms with van der Waals surface area (Å²) in [6.45, 7) is 3.44. The molecular weight excluding hydrogens is 250 g/mol. The lowest BCUT2D eigenvalue weighted by atomic mass is 10.3. The van der Waals surface area contributed by atoms with Crippen molar-refractivity contribution in [2.45, 2.75) is 26.0 Å². The van der Waals surface area contributed by atoms with E-state index in [1.807, 2.05) is 18.2 Å². The number of fused-ring (bicyclic) bond motifs is 1. The summed E-state index contributed by atoms with van der Waals surface area (Å²) in [7, 11) is 1.65. The molecule has 1 atom stereocenters. The van der Waals surface area contributed by atoms with Gasteiger partial charge in [0.2, 0.25) is 0 Å². The van der Waals surface area contributed by atoms with Crippen molar-refractivity contribution in [1.29, 1.82) is 0 Å². The number of imidazole rings is 1. The molecule has 0 aliphatic rings. The molecule has 0 spiro atoms. The molecule has 0 amide bonds. The molecule has 1 heterocycles. The molecule has 2 N–H and O–H groups in total. The minimum Gasteiger partial charge on any atom is -0.372 e. The maximum absolute atomic E-state index is 6.00. The summed E-state index contributed by atoms with van der Waals surface area (Å²) in [5, 5.41) is 0.692. The van der Waals surface area contributed by atoms with Gasteiger partial charge in [0.1, 0.15) is 11.9 Å². The molecule has 98 valence electrons. The van der Waals surface area contributed by atoms with Crippen LogP contribution in [0.15, 0.2) is 18.2 Å². The average Bonchev–Trinajstić information content (AvgIpc) is 2.70. The first kappa shape index (κ1) is 13.3. The number of benzene rings is 1. The number of nitrogens with zero attached hydrogens (tertiary/aromatic N) is 2. The third-order valence-corrected chi connectivity index (χ3v) is 3.21. The zero-order chi connectivity index (χ0) is 13.1. The standard InChI is InChI=1S/C13H18ClN3O/c1-3-6-17-11-5-4-9(14)7-10(11)16-13(17)12(8-15)18-2/h4-5,7,12H,3,6,8,15H2,1-2H3. The Kier molecular flexibility index (Phi) is 4.22. The van der Waals surface area contributed by atoms with Crippen molar-refractivity contribution >= 4 is 22.6 Å². The van der Waals surface area contributed by atoms with Crippen LogP contribution in [0, 0.1) is 0 Å². The van der Waals surface area contributed by atoms with Crippen LogP contribution in [-0.2, 0) is 11.3 Å². The molecule has 2 rings (SSSR count). The Hall–Kier alpha value is -1.10. The maximum Gasteiger partial charge on any atom is 0.140 e. The third-order valence-electron chi connectivity index (χ3n) is 2.97. The predicted octanol–water partition coefficient (Wildman–Crippen LogP) is 2.75. The van der Waals surface area contributed by atoms with Gasteiger partial charge in [0.05, 0.1) is 11.0 Å². The van der Waals surface area contributed by atoms with Gasteiger partial charge in [-0.25, -0.2) is 4.98 Å². The van der Waals surface area contributed by atoms with Crippen molar-refractivity contribution in [2.75, 3.05) is 13.7 Å². The first-order valence-corrected chi connectivity index (χ1v) is 6.47. The fourth-order valence-corrected chi connectivity index (χ4v) is 2.30. The van der Waals surface area contributed by atoms with E-state index in [-0.39, 0.29) is 6.10 Å². The number of methoxy groups -OCH3 is 1. The highest BCUT2D eigenvalue weighted by atomic mass is 35.5. The first-order chi connectivity index (χ1) is 8.71. The fourth-order valence-electron chi connectivity index (χ4n) is 2.13. The fraction of sp³-hybridized carbons (Fsp3) is 0.462. The summed E-state index contributed by atoms with van der Waals surface area (Å²) in [4.78, 5) is 4.61. The minimum absolute atomic E-state index is 0.178. The highest BCUT2D eigenvalue weighted by Gasteiger charge is 2.18. The summed E-state index contributed by atoms with van der Waals surface area (Å²) < 4.78 is 7.55. The molecule has 4 nitrogen and oxygen atoms in total. The maximum atomic E-state index is 6.00. The van der Waals surface area contributed by atoms with Crippen LogP contribution in [-0.4, -0.2) is 23.2 Å². The van der Waals surface area contributed by atoms with E-state index in [0.29, 0.717) is 11.6 Å². The van der Waals surface area contributed by atoms with Crippen LogP contribution in [0.5, 0.6) is 0 Å². The molecular formula is C13H18ClN3O. The first-order valence-electron chi connectivity index (χ1n) is 6.09. The number of aromatic nitrogens is 2. The van der Waals surface area contributed by atoms with Gasteiger partial charge in [-0.3, -0.25) is 0 Å². The SMILES string of the molecule is CCCn1c(C(CN)OC)nc2cc(Cl)ccc21. The van der Waals surface area contributed by atoms with Crippen molar-refractivity contribution in [3.05, 3.63) is 29.0 Å². The number of halogens is 1. The number of ether oxygens (including phenoxy) is 1. The monoisotopic (exact) mass is 267 g/mol. The normalized spacial score (nSPS) is 13.1. The Labute approximate surface area is 112 Å². The van der Waals surface area contributed by atoms with Crippen molar-refractivity contribution in [3.8, 4) is 0 Å². The Morgan fingerprint density at radius 2 is 2.28 bits per heavy atom. The molecule has 0 saturated carbocycles. The number of aryl methyl sites for hydroxylation is 1. The average molecular weight is 268 g/mol. The van der Waals surface area contributed by atoms with Crippen LogP contribution in [0.3, 0.4) is 0 Å². The van der Waals surface area contributed by atoms with Crippen molar-refractivity contribution in [2.24, 2.45) is 5.73 Å². The number of nitrogens with two attached hydrogens (primary N) is 1. The molecule has 18 heavy (non-hydrogen) atoms. The molecule has 0 aliphatic heterocycles. The summed E-state index contributed by atoms with van der Waals surface area (Å²) in [5.74, 6) is 0.874. The lowest BCUT2D eigenvalue weighted by molar-refractivity contribution is 0.100. The van der Waals surface area contributed by atoms with Gasteiger partial charge in [-0.05, 0) is 24.6 Å². The zero-order valence-corrected chi connectivity index (χ0v) is 11.4. The summed E-state index contributed by atoms with van der Waals surface area (Å²) >= 11 is 6.00. The summed E-state index contributed by atoms with van der Waals surface area (Å²) in [5.41, 5.74) is 7.69. The van der Waals surface area contributed by atoms with E-state index >= 15 is 0 Å². The lowest BCUT2D eigenvalue weighted by Crippen LogP contribution is -2.19. The van der Waals surface area contributed by atoms with Gasteiger partial charge < -0.3 is 15.0 Å². The van der Waals surface area contributed by atoms with Crippen LogP contribution in [0.25, 0.3) is 11.0 Å². The largest absolute Gasteiger partial charge is 0.372 e. The van der Waals surface area contributed by atoms with Crippen LogP contribution >= 0.6 is 11.6 Å². The summed E-state index contributed by atoms with van der Waals surface area (Å²) in [6, 6.07) is 5.74. The van der Waals surface area contributed by atoms with Gasteiger partial charge in [-0.2, -0.15) is 0 Å². The smallest absolute Gasteiger partial charge is 0.140 e. The van der Waals surface area contributed by atoms with Crippen LogP contribution in [0.2, 0.25) is 5.02 Å². The van der Waals surface area contributed by atoms with Gasteiger partial charge in [0.15, 0.2) is 0 Å². The van der Waals surface area contributed by atoms with E-state index in [0.717, 1.165) is 29.8 Å². The Balaban J connectivity index is 2.59. The van der Waals surface area contributed by atoms with Crippen LogP contribution in [0.4, 0.5) is 0 Å². The highest BCUT2D eigenvalue weighted by molar-refractivity contribution is 6.31. The second kappa shape index (κ2) is 5.69. The molecule has 0 aliphatic carbocycles. The molecule has 1 aromatic carbocycles. The lowest BCUT2D eigenvalue weighted by Gasteiger charge is -2.14. The quantitative estimate of drug-likeness (QED) is 0.906. The molecule has 0 bridgehead atoms. The molecule has 0 radical (unpaired) electrons. The Bertz CT molecular complexity index is 534. The number of hydrogen-bond donors (Lipinski definition) is 1. The number of rotatable bonds is 5. The van der Waals surface area contributed by atoms with Crippen molar-refractivity contribution in [1.82, 2.24) is 9.55 Å². The van der Waals surface area contributed by atoms with E-state index in [1.54, 1.807) is 7.11 Å². The summed E-state index contributed by atoms with van der Waals surface area (Å²) in [6.07, 6.45) is 0.852. The second-order valence-corrected chi connectivity index (χ2v) is 4.65. The molecule has 0 saturated heterocycles. The molecule has 1 unspecified atom stereocenters. The molecule has 5 heteroatoms. The van der Waals surface area contributed by atoms with E-state index in [1.165, 1.54) is 0 Å². The molecule has 0 fully saturated rings.